The lowest BCUT2D eigenvalue weighted by Gasteiger charge is -2.31. The molecule has 1 fully saturated rings. The van der Waals surface area contributed by atoms with Crippen LogP contribution in [0.15, 0.2) is 23.0 Å². The monoisotopic (exact) mass is 289 g/mol. The summed E-state index contributed by atoms with van der Waals surface area (Å²) in [7, 11) is 0. The zero-order valence-electron chi connectivity index (χ0n) is 12.4. The lowest BCUT2D eigenvalue weighted by atomic mass is 9.88. The lowest BCUT2D eigenvalue weighted by molar-refractivity contribution is 0.0390. The van der Waals surface area contributed by atoms with Crippen LogP contribution in [-0.2, 0) is 4.74 Å². The molecule has 0 radical (unpaired) electrons. The fourth-order valence-electron chi connectivity index (χ4n) is 3.13. The van der Waals surface area contributed by atoms with Gasteiger partial charge in [-0.2, -0.15) is 0 Å². The van der Waals surface area contributed by atoms with Crippen LogP contribution in [0.25, 0.3) is 11.0 Å². The molecule has 5 heteroatoms. The maximum Gasteiger partial charge on any atom is 0.323 e. The Kier molecular flexibility index (Phi) is 4.41. The van der Waals surface area contributed by atoms with Crippen LogP contribution < -0.4 is 11.0 Å². The van der Waals surface area contributed by atoms with Gasteiger partial charge < -0.3 is 20.0 Å². The molecule has 2 atom stereocenters. The van der Waals surface area contributed by atoms with Crippen LogP contribution in [0.5, 0.6) is 0 Å². The van der Waals surface area contributed by atoms with E-state index in [9.17, 15) is 4.79 Å². The van der Waals surface area contributed by atoms with Crippen LogP contribution in [0, 0.1) is 5.92 Å². The minimum absolute atomic E-state index is 0.152. The fraction of sp³-hybridized carbons (Fsp3) is 0.562. The minimum Gasteiger partial charge on any atom is -0.381 e. The first-order valence-corrected chi connectivity index (χ1v) is 7.81. The Labute approximate surface area is 124 Å². The zero-order valence-corrected chi connectivity index (χ0v) is 12.4. The average Bonchev–Trinajstić information content (AvgIpc) is 2.88. The second-order valence-electron chi connectivity index (χ2n) is 5.79. The van der Waals surface area contributed by atoms with Gasteiger partial charge in [-0.3, -0.25) is 0 Å². The standard InChI is InChI=1S/C16H23N3O2/c1-2-7-17-15(12-4-3-8-21-10-12)11-5-6-13-14(9-11)19-16(20)18-13/h5-6,9,12,15,17H,2-4,7-8,10H2,1H3,(H2,18,19,20). The van der Waals surface area contributed by atoms with Crippen LogP contribution in [0.4, 0.5) is 0 Å². The van der Waals surface area contributed by atoms with Crippen molar-refractivity contribution in [3.63, 3.8) is 0 Å². The highest BCUT2D eigenvalue weighted by atomic mass is 16.5. The van der Waals surface area contributed by atoms with Crippen molar-refractivity contribution in [2.75, 3.05) is 19.8 Å². The lowest BCUT2D eigenvalue weighted by Crippen LogP contribution is -2.33. The first-order valence-electron chi connectivity index (χ1n) is 7.81. The third-order valence-corrected chi connectivity index (χ3v) is 4.18. The van der Waals surface area contributed by atoms with Gasteiger partial charge >= 0.3 is 5.69 Å². The SMILES string of the molecule is CCCNC(c1ccc2[nH]c(=O)[nH]c2c1)C1CCCOC1. The Balaban J connectivity index is 1.89. The molecule has 1 aliphatic heterocycles. The molecule has 1 saturated heterocycles. The molecule has 0 bridgehead atoms. The van der Waals surface area contributed by atoms with Crippen LogP contribution in [-0.4, -0.2) is 29.7 Å². The van der Waals surface area contributed by atoms with Gasteiger partial charge in [0, 0.05) is 18.6 Å². The number of hydrogen-bond acceptors (Lipinski definition) is 3. The highest BCUT2D eigenvalue weighted by molar-refractivity contribution is 5.75. The van der Waals surface area contributed by atoms with Gasteiger partial charge in [-0.15, -0.1) is 0 Å². The molecule has 3 N–H and O–H groups in total. The highest BCUT2D eigenvalue weighted by Crippen LogP contribution is 2.30. The summed E-state index contributed by atoms with van der Waals surface area (Å²) < 4.78 is 5.65. The second kappa shape index (κ2) is 6.45. The maximum absolute atomic E-state index is 11.4. The molecule has 2 aromatic rings. The first kappa shape index (κ1) is 14.4. The molecule has 0 spiro atoms. The molecule has 0 amide bonds. The van der Waals surface area contributed by atoms with Crippen LogP contribution >= 0.6 is 0 Å². The number of aromatic amines is 2. The summed E-state index contributed by atoms with van der Waals surface area (Å²) in [5.74, 6) is 0.494. The largest absolute Gasteiger partial charge is 0.381 e. The molecule has 21 heavy (non-hydrogen) atoms. The van der Waals surface area contributed by atoms with Crippen molar-refractivity contribution in [2.45, 2.75) is 32.2 Å². The average molecular weight is 289 g/mol. The van der Waals surface area contributed by atoms with Crippen molar-refractivity contribution in [3.05, 3.63) is 34.2 Å². The van der Waals surface area contributed by atoms with E-state index in [-0.39, 0.29) is 11.7 Å². The molecule has 0 saturated carbocycles. The smallest absolute Gasteiger partial charge is 0.323 e. The topological polar surface area (TPSA) is 69.9 Å². The molecule has 2 heterocycles. The molecule has 114 valence electrons. The van der Waals surface area contributed by atoms with E-state index >= 15 is 0 Å². The first-order chi connectivity index (χ1) is 10.3. The van der Waals surface area contributed by atoms with Crippen molar-refractivity contribution in [3.8, 4) is 0 Å². The molecular weight excluding hydrogens is 266 g/mol. The summed E-state index contributed by atoms with van der Waals surface area (Å²) in [6.07, 6.45) is 3.41. The van der Waals surface area contributed by atoms with Gasteiger partial charge in [-0.25, -0.2) is 4.79 Å². The van der Waals surface area contributed by atoms with E-state index in [2.05, 4.69) is 34.3 Å². The number of aromatic nitrogens is 2. The third-order valence-electron chi connectivity index (χ3n) is 4.18. The van der Waals surface area contributed by atoms with Crippen molar-refractivity contribution < 1.29 is 4.74 Å². The Morgan fingerprint density at radius 1 is 1.38 bits per heavy atom. The number of fused-ring (bicyclic) bond motifs is 1. The van der Waals surface area contributed by atoms with E-state index in [0.717, 1.165) is 43.6 Å². The summed E-state index contributed by atoms with van der Waals surface area (Å²) in [5.41, 5.74) is 2.80. The minimum atomic E-state index is -0.152. The van der Waals surface area contributed by atoms with Crippen molar-refractivity contribution >= 4 is 11.0 Å². The number of imidazole rings is 1. The number of ether oxygens (including phenoxy) is 1. The van der Waals surface area contributed by atoms with Crippen LogP contribution in [0.3, 0.4) is 0 Å². The normalized spacial score (nSPS) is 20.7. The summed E-state index contributed by atoms with van der Waals surface area (Å²) in [5, 5.41) is 3.64. The quantitative estimate of drug-likeness (QED) is 0.791. The number of benzene rings is 1. The summed E-state index contributed by atoms with van der Waals surface area (Å²) in [4.78, 5) is 17.0. The Hall–Kier alpha value is -1.59. The molecule has 1 aromatic heterocycles. The van der Waals surface area contributed by atoms with Crippen LogP contribution in [0.1, 0.15) is 37.8 Å². The highest BCUT2D eigenvalue weighted by Gasteiger charge is 2.25. The third kappa shape index (κ3) is 3.19. The Morgan fingerprint density at radius 2 is 2.24 bits per heavy atom. The van der Waals surface area contributed by atoms with Crippen molar-refractivity contribution in [1.82, 2.24) is 15.3 Å². The van der Waals surface area contributed by atoms with Gasteiger partial charge in [-0.05, 0) is 43.5 Å². The van der Waals surface area contributed by atoms with Gasteiger partial charge in [0.2, 0.25) is 0 Å². The van der Waals surface area contributed by atoms with E-state index < -0.39 is 0 Å². The summed E-state index contributed by atoms with van der Waals surface area (Å²) >= 11 is 0. The molecule has 0 aliphatic carbocycles. The molecule has 1 aliphatic rings. The molecule has 5 nitrogen and oxygen atoms in total. The van der Waals surface area contributed by atoms with E-state index in [1.165, 1.54) is 12.0 Å². The Bertz CT molecular complexity index is 640. The number of rotatable bonds is 5. The van der Waals surface area contributed by atoms with Crippen LogP contribution in [0.2, 0.25) is 0 Å². The molecule has 2 unspecified atom stereocenters. The van der Waals surface area contributed by atoms with Gasteiger partial charge in [0.25, 0.3) is 0 Å². The predicted octanol–water partition coefficient (Wildman–Crippen LogP) is 2.32. The number of hydrogen-bond donors (Lipinski definition) is 3. The van der Waals surface area contributed by atoms with Crippen molar-refractivity contribution in [1.29, 1.82) is 0 Å². The summed E-state index contributed by atoms with van der Waals surface area (Å²) in [6.45, 7) is 4.85. The molecular formula is C16H23N3O2. The van der Waals surface area contributed by atoms with E-state index in [4.69, 9.17) is 4.74 Å². The van der Waals surface area contributed by atoms with Gasteiger partial charge in [-0.1, -0.05) is 13.0 Å². The summed E-state index contributed by atoms with van der Waals surface area (Å²) in [6, 6.07) is 6.45. The van der Waals surface area contributed by atoms with Gasteiger partial charge in [0.05, 0.1) is 17.6 Å². The molecule has 3 rings (SSSR count). The Morgan fingerprint density at radius 3 is 3.00 bits per heavy atom. The fourth-order valence-corrected chi connectivity index (χ4v) is 3.13. The van der Waals surface area contributed by atoms with Crippen molar-refractivity contribution in [2.24, 2.45) is 5.92 Å². The van der Waals surface area contributed by atoms with Gasteiger partial charge in [0.1, 0.15) is 0 Å². The number of nitrogens with one attached hydrogen (secondary N) is 3. The van der Waals surface area contributed by atoms with Gasteiger partial charge in [0.15, 0.2) is 0 Å². The maximum atomic E-state index is 11.4. The zero-order chi connectivity index (χ0) is 14.7. The molecule has 1 aromatic carbocycles. The second-order valence-corrected chi connectivity index (χ2v) is 5.79. The van der Waals surface area contributed by atoms with E-state index in [1.54, 1.807) is 0 Å². The predicted molar refractivity (Wildman–Crippen MR) is 83.5 cm³/mol. The van der Waals surface area contributed by atoms with E-state index in [0.29, 0.717) is 5.92 Å². The number of H-pyrrole nitrogens is 2. The van der Waals surface area contributed by atoms with E-state index in [1.807, 2.05) is 6.07 Å².